The van der Waals surface area contributed by atoms with Crippen molar-refractivity contribution in [1.29, 1.82) is 0 Å². The van der Waals surface area contributed by atoms with E-state index in [0.717, 1.165) is 13.0 Å². The van der Waals surface area contributed by atoms with Gasteiger partial charge in [-0.3, -0.25) is 4.79 Å². The first-order valence-electron chi connectivity index (χ1n) is 5.87. The average Bonchev–Trinajstić information content (AvgIpc) is 2.39. The minimum Gasteiger partial charge on any atom is -0.465 e. The Morgan fingerprint density at radius 3 is 2.67 bits per heavy atom. The topological polar surface area (TPSA) is 67.4 Å². The summed E-state index contributed by atoms with van der Waals surface area (Å²) in [4.78, 5) is 23.1. The Labute approximate surface area is 107 Å². The molecule has 1 aromatic carbocycles. The minimum absolute atomic E-state index is 0.181. The van der Waals surface area contributed by atoms with Gasteiger partial charge in [0.1, 0.15) is 0 Å². The molecular weight excluding hydrogens is 232 g/mol. The molecule has 0 aliphatic heterocycles. The van der Waals surface area contributed by atoms with Crippen LogP contribution in [0.15, 0.2) is 24.3 Å². The van der Waals surface area contributed by atoms with E-state index in [-0.39, 0.29) is 12.5 Å². The molecule has 0 saturated carbocycles. The molecule has 0 saturated heterocycles. The fourth-order valence-corrected chi connectivity index (χ4v) is 1.45. The summed E-state index contributed by atoms with van der Waals surface area (Å²) in [7, 11) is 1.31. The fourth-order valence-electron chi connectivity index (χ4n) is 1.45. The summed E-state index contributed by atoms with van der Waals surface area (Å²) in [5, 5.41) is 5.67. The molecule has 0 spiro atoms. The maximum atomic E-state index is 11.6. The lowest BCUT2D eigenvalue weighted by Gasteiger charge is -2.09. The predicted octanol–water partition coefficient (Wildman–Crippen LogP) is 1.41. The minimum atomic E-state index is -0.465. The standard InChI is InChI=1S/C13H18N2O3/c1-3-8-14-9-12(16)15-11-7-5-4-6-10(11)13(17)18-2/h4-7,14H,3,8-9H2,1-2H3,(H,15,16). The fraction of sp³-hybridized carbons (Fsp3) is 0.385. The van der Waals surface area contributed by atoms with Crippen LogP contribution in [-0.2, 0) is 9.53 Å². The highest BCUT2D eigenvalue weighted by Gasteiger charge is 2.12. The van der Waals surface area contributed by atoms with Crippen LogP contribution in [0.5, 0.6) is 0 Å². The molecule has 98 valence electrons. The molecule has 0 radical (unpaired) electrons. The van der Waals surface area contributed by atoms with E-state index in [2.05, 4.69) is 15.4 Å². The van der Waals surface area contributed by atoms with Gasteiger partial charge in [-0.2, -0.15) is 0 Å². The number of ether oxygens (including phenoxy) is 1. The quantitative estimate of drug-likeness (QED) is 0.591. The number of carbonyl (C=O) groups excluding carboxylic acids is 2. The van der Waals surface area contributed by atoms with Crippen LogP contribution < -0.4 is 10.6 Å². The molecule has 0 heterocycles. The summed E-state index contributed by atoms with van der Waals surface area (Å²) < 4.78 is 4.65. The zero-order valence-corrected chi connectivity index (χ0v) is 10.7. The van der Waals surface area contributed by atoms with E-state index in [4.69, 9.17) is 0 Å². The summed E-state index contributed by atoms with van der Waals surface area (Å²) >= 11 is 0. The largest absolute Gasteiger partial charge is 0.465 e. The first-order chi connectivity index (χ1) is 8.69. The number of hydrogen-bond donors (Lipinski definition) is 2. The Balaban J connectivity index is 2.66. The summed E-state index contributed by atoms with van der Waals surface area (Å²) in [6.07, 6.45) is 0.964. The van der Waals surface area contributed by atoms with E-state index in [0.29, 0.717) is 11.3 Å². The van der Waals surface area contributed by atoms with E-state index < -0.39 is 5.97 Å². The SMILES string of the molecule is CCCNCC(=O)Nc1ccccc1C(=O)OC. The van der Waals surface area contributed by atoms with Gasteiger partial charge in [0.2, 0.25) is 5.91 Å². The number of hydrogen-bond acceptors (Lipinski definition) is 4. The van der Waals surface area contributed by atoms with E-state index >= 15 is 0 Å². The number of amides is 1. The van der Waals surface area contributed by atoms with Gasteiger partial charge in [0, 0.05) is 0 Å². The number of nitrogens with one attached hydrogen (secondary N) is 2. The lowest BCUT2D eigenvalue weighted by Crippen LogP contribution is -2.29. The Morgan fingerprint density at radius 1 is 1.28 bits per heavy atom. The molecule has 0 atom stereocenters. The lowest BCUT2D eigenvalue weighted by molar-refractivity contribution is -0.115. The second-order valence-corrected chi connectivity index (χ2v) is 3.76. The third-order valence-electron chi connectivity index (χ3n) is 2.32. The van der Waals surface area contributed by atoms with Crippen molar-refractivity contribution < 1.29 is 14.3 Å². The second-order valence-electron chi connectivity index (χ2n) is 3.76. The molecule has 0 aromatic heterocycles. The first kappa shape index (κ1) is 14.2. The van der Waals surface area contributed by atoms with E-state index in [9.17, 15) is 9.59 Å². The molecule has 0 aliphatic carbocycles. The van der Waals surface area contributed by atoms with Gasteiger partial charge in [-0.15, -0.1) is 0 Å². The van der Waals surface area contributed by atoms with Gasteiger partial charge >= 0.3 is 5.97 Å². The van der Waals surface area contributed by atoms with Crippen LogP contribution in [0, 0.1) is 0 Å². The molecule has 0 bridgehead atoms. The van der Waals surface area contributed by atoms with Crippen LogP contribution in [0.2, 0.25) is 0 Å². The van der Waals surface area contributed by atoms with Crippen LogP contribution >= 0.6 is 0 Å². The van der Waals surface area contributed by atoms with E-state index in [1.54, 1.807) is 24.3 Å². The van der Waals surface area contributed by atoms with Crippen molar-refractivity contribution in [1.82, 2.24) is 5.32 Å². The van der Waals surface area contributed by atoms with Crippen molar-refractivity contribution in [2.45, 2.75) is 13.3 Å². The highest BCUT2D eigenvalue weighted by molar-refractivity contribution is 6.01. The number of methoxy groups -OCH3 is 1. The Morgan fingerprint density at radius 2 is 2.00 bits per heavy atom. The Kier molecular flexibility index (Phi) is 5.87. The number of benzene rings is 1. The maximum absolute atomic E-state index is 11.6. The van der Waals surface area contributed by atoms with E-state index in [1.165, 1.54) is 7.11 Å². The molecule has 5 heteroatoms. The Hall–Kier alpha value is -1.88. The Bertz CT molecular complexity index is 418. The van der Waals surface area contributed by atoms with Crippen LogP contribution in [0.1, 0.15) is 23.7 Å². The number of anilines is 1. The summed E-state index contributed by atoms with van der Waals surface area (Å²) in [6.45, 7) is 3.03. The van der Waals surface area contributed by atoms with Gasteiger partial charge in [-0.05, 0) is 25.1 Å². The van der Waals surface area contributed by atoms with Gasteiger partial charge in [-0.25, -0.2) is 4.79 Å². The monoisotopic (exact) mass is 250 g/mol. The van der Waals surface area contributed by atoms with Gasteiger partial charge in [0.05, 0.1) is 24.9 Å². The van der Waals surface area contributed by atoms with Crippen molar-refractivity contribution in [2.75, 3.05) is 25.5 Å². The van der Waals surface area contributed by atoms with Crippen LogP contribution in [0.3, 0.4) is 0 Å². The molecule has 1 rings (SSSR count). The number of rotatable bonds is 6. The van der Waals surface area contributed by atoms with Gasteiger partial charge in [-0.1, -0.05) is 19.1 Å². The molecule has 18 heavy (non-hydrogen) atoms. The van der Waals surface area contributed by atoms with Gasteiger partial charge in [0.25, 0.3) is 0 Å². The predicted molar refractivity (Wildman–Crippen MR) is 69.6 cm³/mol. The second kappa shape index (κ2) is 7.45. The van der Waals surface area contributed by atoms with Crippen LogP contribution in [0.25, 0.3) is 0 Å². The van der Waals surface area contributed by atoms with Crippen molar-refractivity contribution in [3.63, 3.8) is 0 Å². The van der Waals surface area contributed by atoms with Crippen molar-refractivity contribution in [3.05, 3.63) is 29.8 Å². The number of esters is 1. The molecule has 5 nitrogen and oxygen atoms in total. The lowest BCUT2D eigenvalue weighted by atomic mass is 10.2. The summed E-state index contributed by atoms with van der Waals surface area (Å²) in [5.74, 6) is -0.646. The molecular formula is C13H18N2O3. The zero-order chi connectivity index (χ0) is 13.4. The van der Waals surface area contributed by atoms with Gasteiger partial charge < -0.3 is 15.4 Å². The molecule has 2 N–H and O–H groups in total. The third-order valence-corrected chi connectivity index (χ3v) is 2.32. The third kappa shape index (κ3) is 4.18. The molecule has 0 unspecified atom stereocenters. The average molecular weight is 250 g/mol. The first-order valence-corrected chi connectivity index (χ1v) is 5.87. The highest BCUT2D eigenvalue weighted by Crippen LogP contribution is 2.15. The highest BCUT2D eigenvalue weighted by atomic mass is 16.5. The summed E-state index contributed by atoms with van der Waals surface area (Å²) in [5.41, 5.74) is 0.816. The zero-order valence-electron chi connectivity index (χ0n) is 10.7. The smallest absolute Gasteiger partial charge is 0.339 e. The van der Waals surface area contributed by atoms with E-state index in [1.807, 2.05) is 6.92 Å². The number of carbonyl (C=O) groups is 2. The van der Waals surface area contributed by atoms with Gasteiger partial charge in [0.15, 0.2) is 0 Å². The summed E-state index contributed by atoms with van der Waals surface area (Å²) in [6, 6.07) is 6.75. The van der Waals surface area contributed by atoms with Crippen molar-refractivity contribution >= 4 is 17.6 Å². The molecule has 0 aliphatic rings. The van der Waals surface area contributed by atoms with Crippen LogP contribution in [-0.4, -0.2) is 32.1 Å². The van der Waals surface area contributed by atoms with Crippen molar-refractivity contribution in [3.8, 4) is 0 Å². The normalized spacial score (nSPS) is 9.89. The maximum Gasteiger partial charge on any atom is 0.339 e. The number of para-hydroxylation sites is 1. The molecule has 0 fully saturated rings. The van der Waals surface area contributed by atoms with Crippen molar-refractivity contribution in [2.24, 2.45) is 0 Å². The van der Waals surface area contributed by atoms with Crippen LogP contribution in [0.4, 0.5) is 5.69 Å². The molecule has 1 amide bonds. The molecule has 1 aromatic rings.